The zero-order valence-electron chi connectivity index (χ0n) is 9.20. The van der Waals surface area contributed by atoms with Crippen LogP contribution in [-0.4, -0.2) is 42.0 Å². The summed E-state index contributed by atoms with van der Waals surface area (Å²) < 4.78 is 0. The second-order valence-corrected chi connectivity index (χ2v) is 4.52. The van der Waals surface area contributed by atoms with Crippen LogP contribution in [0.5, 0.6) is 0 Å². The van der Waals surface area contributed by atoms with Crippen molar-refractivity contribution in [2.45, 2.75) is 26.8 Å². The molecule has 3 heteroatoms. The molecule has 0 aromatic rings. The second-order valence-electron chi connectivity index (χ2n) is 4.16. The number of thiol groups is 1. The lowest BCUT2D eigenvalue weighted by Gasteiger charge is -2.29. The maximum atomic E-state index is 8.97. The van der Waals surface area contributed by atoms with Crippen LogP contribution in [0.2, 0.25) is 0 Å². The molecule has 0 rings (SSSR count). The van der Waals surface area contributed by atoms with Gasteiger partial charge < -0.3 is 10.0 Å². The predicted molar refractivity (Wildman–Crippen MR) is 61.4 cm³/mol. The largest absolute Gasteiger partial charge is 0.395 e. The van der Waals surface area contributed by atoms with Crippen molar-refractivity contribution in [3.05, 3.63) is 0 Å². The zero-order valence-corrected chi connectivity index (χ0v) is 10.1. The summed E-state index contributed by atoms with van der Waals surface area (Å²) >= 11 is 4.34. The van der Waals surface area contributed by atoms with Gasteiger partial charge in [-0.25, -0.2) is 0 Å². The highest BCUT2D eigenvalue weighted by molar-refractivity contribution is 7.80. The summed E-state index contributed by atoms with van der Waals surface area (Å²) in [6.07, 6.45) is 0. The van der Waals surface area contributed by atoms with Crippen molar-refractivity contribution >= 4 is 12.6 Å². The molecule has 0 spiro atoms. The molecule has 0 aromatic heterocycles. The minimum Gasteiger partial charge on any atom is -0.395 e. The standard InChI is InChI=1S/C10H23NOS/c1-8(2)10(7-13)5-11(4)9(3)6-12/h8-10,12-13H,5-7H2,1-4H3. The number of aliphatic hydroxyl groups excluding tert-OH is 1. The molecule has 0 saturated heterocycles. The first kappa shape index (κ1) is 13.3. The van der Waals surface area contributed by atoms with E-state index in [2.05, 4.69) is 38.4 Å². The van der Waals surface area contributed by atoms with Crippen LogP contribution in [0, 0.1) is 11.8 Å². The molecule has 0 aliphatic carbocycles. The number of rotatable bonds is 6. The van der Waals surface area contributed by atoms with E-state index in [4.69, 9.17) is 5.11 Å². The van der Waals surface area contributed by atoms with Gasteiger partial charge >= 0.3 is 0 Å². The number of nitrogens with zero attached hydrogens (tertiary/aromatic N) is 1. The third kappa shape index (κ3) is 4.89. The Morgan fingerprint density at radius 2 is 1.85 bits per heavy atom. The van der Waals surface area contributed by atoms with Gasteiger partial charge in [0.15, 0.2) is 0 Å². The lowest BCUT2D eigenvalue weighted by molar-refractivity contribution is 0.137. The highest BCUT2D eigenvalue weighted by atomic mass is 32.1. The van der Waals surface area contributed by atoms with Crippen LogP contribution < -0.4 is 0 Å². The van der Waals surface area contributed by atoms with Crippen LogP contribution in [0.25, 0.3) is 0 Å². The summed E-state index contributed by atoms with van der Waals surface area (Å²) in [5.74, 6) is 2.19. The Hall–Kier alpha value is 0.270. The molecule has 0 aliphatic rings. The molecule has 0 saturated carbocycles. The molecule has 2 nitrogen and oxygen atoms in total. The van der Waals surface area contributed by atoms with Crippen LogP contribution in [-0.2, 0) is 0 Å². The minimum absolute atomic E-state index is 0.230. The summed E-state index contributed by atoms with van der Waals surface area (Å²) in [6, 6.07) is 0.251. The first-order chi connectivity index (χ1) is 6.02. The smallest absolute Gasteiger partial charge is 0.0584 e. The van der Waals surface area contributed by atoms with Crippen molar-refractivity contribution in [2.75, 3.05) is 26.0 Å². The van der Waals surface area contributed by atoms with Gasteiger partial charge in [-0.1, -0.05) is 13.8 Å². The first-order valence-electron chi connectivity index (χ1n) is 4.94. The lowest BCUT2D eigenvalue weighted by atomic mass is 9.97. The Labute approximate surface area is 87.7 Å². The molecule has 80 valence electrons. The molecule has 0 aliphatic heterocycles. The van der Waals surface area contributed by atoms with Crippen LogP contribution in [0.1, 0.15) is 20.8 Å². The summed E-state index contributed by atoms with van der Waals surface area (Å²) in [6.45, 7) is 7.73. The maximum Gasteiger partial charge on any atom is 0.0584 e. The highest BCUT2D eigenvalue weighted by Crippen LogP contribution is 2.14. The van der Waals surface area contributed by atoms with Gasteiger partial charge in [-0.05, 0) is 31.6 Å². The van der Waals surface area contributed by atoms with Gasteiger partial charge in [-0.2, -0.15) is 12.6 Å². The third-order valence-electron chi connectivity index (χ3n) is 2.72. The van der Waals surface area contributed by atoms with E-state index in [-0.39, 0.29) is 12.6 Å². The lowest BCUT2D eigenvalue weighted by Crippen LogP contribution is -2.37. The van der Waals surface area contributed by atoms with E-state index in [1.54, 1.807) is 0 Å². The Kier molecular flexibility index (Phi) is 6.82. The molecule has 0 aromatic carbocycles. The maximum absolute atomic E-state index is 8.97. The molecular formula is C10H23NOS. The minimum atomic E-state index is 0.230. The molecule has 0 heterocycles. The van der Waals surface area contributed by atoms with E-state index in [9.17, 15) is 0 Å². The fourth-order valence-corrected chi connectivity index (χ4v) is 1.71. The van der Waals surface area contributed by atoms with Gasteiger partial charge in [0.05, 0.1) is 6.61 Å². The van der Waals surface area contributed by atoms with Gasteiger partial charge in [0.25, 0.3) is 0 Å². The van der Waals surface area contributed by atoms with Crippen LogP contribution in [0.3, 0.4) is 0 Å². The van der Waals surface area contributed by atoms with Gasteiger partial charge in [0, 0.05) is 12.6 Å². The monoisotopic (exact) mass is 205 g/mol. The number of hydrogen-bond acceptors (Lipinski definition) is 3. The molecule has 13 heavy (non-hydrogen) atoms. The molecular weight excluding hydrogens is 182 g/mol. The van der Waals surface area contributed by atoms with E-state index < -0.39 is 0 Å². The van der Waals surface area contributed by atoms with E-state index in [1.165, 1.54) is 0 Å². The average molecular weight is 205 g/mol. The van der Waals surface area contributed by atoms with E-state index in [0.29, 0.717) is 11.8 Å². The molecule has 2 unspecified atom stereocenters. The van der Waals surface area contributed by atoms with E-state index >= 15 is 0 Å². The fourth-order valence-electron chi connectivity index (χ4n) is 1.17. The number of hydrogen-bond donors (Lipinski definition) is 2. The topological polar surface area (TPSA) is 23.5 Å². The van der Waals surface area contributed by atoms with E-state index in [0.717, 1.165) is 12.3 Å². The van der Waals surface area contributed by atoms with Crippen molar-refractivity contribution in [3.8, 4) is 0 Å². The average Bonchev–Trinajstić information content (AvgIpc) is 2.11. The molecule has 0 amide bonds. The second kappa shape index (κ2) is 6.68. The molecule has 0 fully saturated rings. The van der Waals surface area contributed by atoms with Crippen LogP contribution in [0.15, 0.2) is 0 Å². The summed E-state index contributed by atoms with van der Waals surface area (Å²) in [5, 5.41) is 8.97. The number of aliphatic hydroxyl groups is 1. The summed E-state index contributed by atoms with van der Waals surface area (Å²) in [5.41, 5.74) is 0. The highest BCUT2D eigenvalue weighted by Gasteiger charge is 2.16. The van der Waals surface area contributed by atoms with Crippen molar-refractivity contribution in [2.24, 2.45) is 11.8 Å². The molecule has 0 bridgehead atoms. The number of likely N-dealkylation sites (N-methyl/N-ethyl adjacent to an activating group) is 1. The molecule has 1 N–H and O–H groups in total. The quantitative estimate of drug-likeness (QED) is 0.642. The van der Waals surface area contributed by atoms with Gasteiger partial charge in [0.1, 0.15) is 0 Å². The predicted octanol–water partition coefficient (Wildman–Crippen LogP) is 1.50. The molecule has 2 atom stereocenters. The van der Waals surface area contributed by atoms with Gasteiger partial charge in [0.2, 0.25) is 0 Å². The van der Waals surface area contributed by atoms with Crippen molar-refractivity contribution < 1.29 is 5.11 Å². The van der Waals surface area contributed by atoms with Gasteiger partial charge in [-0.3, -0.25) is 0 Å². The van der Waals surface area contributed by atoms with Crippen molar-refractivity contribution in [1.29, 1.82) is 0 Å². The normalized spacial score (nSPS) is 16.6. The van der Waals surface area contributed by atoms with Crippen LogP contribution >= 0.6 is 12.6 Å². The Morgan fingerprint density at radius 3 is 2.15 bits per heavy atom. The van der Waals surface area contributed by atoms with Crippen LogP contribution in [0.4, 0.5) is 0 Å². The molecule has 0 radical (unpaired) electrons. The third-order valence-corrected chi connectivity index (χ3v) is 3.19. The Bertz CT molecular complexity index is 130. The Morgan fingerprint density at radius 1 is 1.31 bits per heavy atom. The summed E-state index contributed by atoms with van der Waals surface area (Å²) in [7, 11) is 2.06. The van der Waals surface area contributed by atoms with Crippen molar-refractivity contribution in [1.82, 2.24) is 4.90 Å². The zero-order chi connectivity index (χ0) is 10.4. The Balaban J connectivity index is 3.93. The SMILES string of the molecule is CC(C)C(CS)CN(C)C(C)CO. The fraction of sp³-hybridized carbons (Fsp3) is 1.00. The summed E-state index contributed by atoms with van der Waals surface area (Å²) in [4.78, 5) is 2.20. The van der Waals surface area contributed by atoms with E-state index in [1.807, 2.05) is 6.92 Å². The first-order valence-corrected chi connectivity index (χ1v) is 5.58. The van der Waals surface area contributed by atoms with Crippen molar-refractivity contribution in [3.63, 3.8) is 0 Å². The van der Waals surface area contributed by atoms with Gasteiger partial charge in [-0.15, -0.1) is 0 Å².